The number of anilines is 1. The molecule has 0 aromatic heterocycles. The van der Waals surface area contributed by atoms with Crippen LogP contribution in [0.2, 0.25) is 0 Å². The molecule has 2 rings (SSSR count). The molecule has 0 radical (unpaired) electrons. The van der Waals surface area contributed by atoms with Gasteiger partial charge in [0.25, 0.3) is 0 Å². The second kappa shape index (κ2) is 11.6. The minimum atomic E-state index is -1.62. The van der Waals surface area contributed by atoms with Gasteiger partial charge in [-0.3, -0.25) is 4.79 Å². The molecule has 1 fully saturated rings. The van der Waals surface area contributed by atoms with Gasteiger partial charge in [-0.2, -0.15) is 0 Å². The molecule has 6 nitrogen and oxygen atoms in total. The zero-order chi connectivity index (χ0) is 21.2. The van der Waals surface area contributed by atoms with Crippen LogP contribution in [0, 0.1) is 23.4 Å². The van der Waals surface area contributed by atoms with Crippen LogP contribution in [0.5, 0.6) is 0 Å². The first-order valence-electron chi connectivity index (χ1n) is 10.1. The van der Waals surface area contributed by atoms with Gasteiger partial charge in [-0.15, -0.1) is 0 Å². The van der Waals surface area contributed by atoms with Crippen LogP contribution in [-0.4, -0.2) is 56.0 Å². The number of piperidine rings is 1. The Bertz CT molecular complexity index is 706. The fraction of sp³-hybridized carbons (Fsp3) is 0.600. The molecule has 0 atom stereocenters. The van der Waals surface area contributed by atoms with E-state index >= 15 is 0 Å². The number of nitrogens with zero attached hydrogens (tertiary/aromatic N) is 2. The molecular weight excluding hydrogens is 383 g/mol. The number of rotatable bonds is 8. The van der Waals surface area contributed by atoms with Crippen molar-refractivity contribution >= 4 is 17.6 Å². The summed E-state index contributed by atoms with van der Waals surface area (Å²) in [6, 6.07) is 1.73. The standard InChI is InChI=1S/C20H30F3N5O/c1-3-24-20(25-9-4-10-28-11-7-14(2)8-12-28)26-13-17(29)27-16-6-5-15(21)18(22)19(16)23/h5-6,14H,3-4,7-13H2,1-2H3,(H,27,29)(H2,24,25,26). The van der Waals surface area contributed by atoms with Crippen LogP contribution < -0.4 is 16.0 Å². The summed E-state index contributed by atoms with van der Waals surface area (Å²) in [6.07, 6.45) is 3.43. The van der Waals surface area contributed by atoms with Crippen LogP contribution in [0.4, 0.5) is 18.9 Å². The average Bonchev–Trinajstić information content (AvgIpc) is 2.71. The maximum absolute atomic E-state index is 13.6. The molecule has 0 bridgehead atoms. The van der Waals surface area contributed by atoms with Crippen molar-refractivity contribution in [1.82, 2.24) is 15.5 Å². The van der Waals surface area contributed by atoms with Crippen LogP contribution in [0.25, 0.3) is 0 Å². The predicted molar refractivity (Wildman–Crippen MR) is 108 cm³/mol. The number of likely N-dealkylation sites (tertiary alicyclic amines) is 1. The number of carbonyl (C=O) groups excluding carboxylic acids is 1. The zero-order valence-electron chi connectivity index (χ0n) is 17.0. The van der Waals surface area contributed by atoms with Gasteiger partial charge in [0, 0.05) is 13.1 Å². The topological polar surface area (TPSA) is 68.8 Å². The van der Waals surface area contributed by atoms with Crippen molar-refractivity contribution in [2.75, 3.05) is 44.6 Å². The van der Waals surface area contributed by atoms with E-state index < -0.39 is 29.0 Å². The fourth-order valence-electron chi connectivity index (χ4n) is 3.10. The molecule has 0 aliphatic carbocycles. The predicted octanol–water partition coefficient (Wildman–Crippen LogP) is 2.72. The Kier molecular flexibility index (Phi) is 9.24. The lowest BCUT2D eigenvalue weighted by atomic mass is 9.99. The minimum absolute atomic E-state index is 0.280. The molecule has 1 aromatic carbocycles. The van der Waals surface area contributed by atoms with Crippen molar-refractivity contribution in [2.24, 2.45) is 10.9 Å². The third-order valence-corrected chi connectivity index (χ3v) is 4.85. The number of guanidine groups is 1. The molecule has 29 heavy (non-hydrogen) atoms. The van der Waals surface area contributed by atoms with Crippen molar-refractivity contribution < 1.29 is 18.0 Å². The largest absolute Gasteiger partial charge is 0.357 e. The van der Waals surface area contributed by atoms with Crippen LogP contribution in [0.1, 0.15) is 33.1 Å². The summed E-state index contributed by atoms with van der Waals surface area (Å²) in [5.41, 5.74) is -0.419. The first kappa shape index (κ1) is 23.0. The Labute approximate surface area is 169 Å². The van der Waals surface area contributed by atoms with E-state index in [9.17, 15) is 18.0 Å². The van der Waals surface area contributed by atoms with E-state index in [-0.39, 0.29) is 6.54 Å². The third-order valence-electron chi connectivity index (χ3n) is 4.85. The van der Waals surface area contributed by atoms with Crippen LogP contribution in [0.15, 0.2) is 17.1 Å². The summed E-state index contributed by atoms with van der Waals surface area (Å²) < 4.78 is 39.8. The van der Waals surface area contributed by atoms with Crippen molar-refractivity contribution in [3.63, 3.8) is 0 Å². The Balaban J connectivity index is 1.77. The maximum Gasteiger partial charge on any atom is 0.246 e. The summed E-state index contributed by atoms with van der Waals surface area (Å²) >= 11 is 0. The molecule has 1 aliphatic rings. The SMILES string of the molecule is CCNC(=NCC(=O)Nc1ccc(F)c(F)c1F)NCCCN1CCC(C)CC1. The number of nitrogens with one attached hydrogen (secondary N) is 3. The monoisotopic (exact) mass is 413 g/mol. The highest BCUT2D eigenvalue weighted by Crippen LogP contribution is 2.19. The highest BCUT2D eigenvalue weighted by molar-refractivity contribution is 5.94. The molecule has 1 aliphatic heterocycles. The number of halogens is 3. The second-order valence-corrected chi connectivity index (χ2v) is 7.27. The Morgan fingerprint density at radius 3 is 2.59 bits per heavy atom. The van der Waals surface area contributed by atoms with E-state index in [1.54, 1.807) is 0 Å². The summed E-state index contributed by atoms with van der Waals surface area (Å²) in [6.45, 7) is 8.52. The first-order chi connectivity index (χ1) is 13.9. The van der Waals surface area contributed by atoms with Gasteiger partial charge in [-0.1, -0.05) is 6.92 Å². The third kappa shape index (κ3) is 7.56. The zero-order valence-corrected chi connectivity index (χ0v) is 17.0. The van der Waals surface area contributed by atoms with Crippen molar-refractivity contribution in [3.05, 3.63) is 29.6 Å². The van der Waals surface area contributed by atoms with Gasteiger partial charge < -0.3 is 20.9 Å². The van der Waals surface area contributed by atoms with Crippen molar-refractivity contribution in [2.45, 2.75) is 33.1 Å². The summed E-state index contributed by atoms with van der Waals surface area (Å²) in [5, 5.41) is 8.40. The molecule has 0 saturated carbocycles. The molecule has 1 saturated heterocycles. The highest BCUT2D eigenvalue weighted by Gasteiger charge is 2.16. The number of hydrogen-bond donors (Lipinski definition) is 3. The van der Waals surface area contributed by atoms with Gasteiger partial charge in [0.1, 0.15) is 6.54 Å². The van der Waals surface area contributed by atoms with E-state index in [4.69, 9.17) is 0 Å². The minimum Gasteiger partial charge on any atom is -0.357 e. The van der Waals surface area contributed by atoms with E-state index in [0.29, 0.717) is 19.0 Å². The van der Waals surface area contributed by atoms with Crippen molar-refractivity contribution in [3.8, 4) is 0 Å². The smallest absolute Gasteiger partial charge is 0.246 e. The quantitative estimate of drug-likeness (QED) is 0.265. The number of aliphatic imine (C=N–C) groups is 1. The molecule has 1 heterocycles. The van der Waals surface area contributed by atoms with Gasteiger partial charge >= 0.3 is 0 Å². The maximum atomic E-state index is 13.6. The first-order valence-corrected chi connectivity index (χ1v) is 10.1. The summed E-state index contributed by atoms with van der Waals surface area (Å²) in [4.78, 5) is 18.6. The lowest BCUT2D eigenvalue weighted by Crippen LogP contribution is -2.40. The lowest BCUT2D eigenvalue weighted by Gasteiger charge is -2.30. The number of hydrogen-bond acceptors (Lipinski definition) is 3. The Morgan fingerprint density at radius 1 is 1.17 bits per heavy atom. The molecular formula is C20H30F3N5O. The van der Waals surface area contributed by atoms with Gasteiger partial charge in [0.2, 0.25) is 5.91 Å². The van der Waals surface area contributed by atoms with Gasteiger partial charge in [0.15, 0.2) is 23.4 Å². The molecule has 3 N–H and O–H groups in total. The van der Waals surface area contributed by atoms with Gasteiger partial charge in [-0.05, 0) is 63.9 Å². The molecule has 1 amide bonds. The van der Waals surface area contributed by atoms with E-state index in [2.05, 4.69) is 32.8 Å². The van der Waals surface area contributed by atoms with Crippen LogP contribution in [-0.2, 0) is 4.79 Å². The van der Waals surface area contributed by atoms with Crippen molar-refractivity contribution in [1.29, 1.82) is 0 Å². The molecule has 162 valence electrons. The van der Waals surface area contributed by atoms with E-state index in [0.717, 1.165) is 44.1 Å². The number of amides is 1. The normalized spacial score (nSPS) is 16.0. The van der Waals surface area contributed by atoms with E-state index in [1.165, 1.54) is 12.8 Å². The fourth-order valence-corrected chi connectivity index (χ4v) is 3.10. The van der Waals surface area contributed by atoms with Crippen LogP contribution in [0.3, 0.4) is 0 Å². The Morgan fingerprint density at radius 2 is 1.90 bits per heavy atom. The molecule has 9 heteroatoms. The number of carbonyl (C=O) groups is 1. The lowest BCUT2D eigenvalue weighted by molar-refractivity contribution is -0.114. The second-order valence-electron chi connectivity index (χ2n) is 7.27. The van der Waals surface area contributed by atoms with Gasteiger partial charge in [-0.25, -0.2) is 18.2 Å². The molecule has 0 unspecified atom stereocenters. The summed E-state index contributed by atoms with van der Waals surface area (Å²) in [7, 11) is 0. The molecule has 0 spiro atoms. The highest BCUT2D eigenvalue weighted by atomic mass is 19.2. The Hall–Kier alpha value is -2.29. The van der Waals surface area contributed by atoms with Crippen LogP contribution >= 0.6 is 0 Å². The summed E-state index contributed by atoms with van der Waals surface area (Å²) in [5.74, 6) is -3.71. The van der Waals surface area contributed by atoms with E-state index in [1.807, 2.05) is 6.92 Å². The average molecular weight is 413 g/mol. The van der Waals surface area contributed by atoms with Gasteiger partial charge in [0.05, 0.1) is 5.69 Å². The number of benzene rings is 1. The molecule has 1 aromatic rings.